The van der Waals surface area contributed by atoms with E-state index in [1.54, 1.807) is 0 Å². The Balaban J connectivity index is 1.75. The third-order valence-electron chi connectivity index (χ3n) is 3.58. The van der Waals surface area contributed by atoms with Gasteiger partial charge in [0.1, 0.15) is 5.60 Å². The lowest BCUT2D eigenvalue weighted by molar-refractivity contribution is -0.155. The average molecular weight is 275 g/mol. The van der Waals surface area contributed by atoms with Crippen LogP contribution in [0.25, 0.3) is 0 Å². The first kappa shape index (κ1) is 14.9. The van der Waals surface area contributed by atoms with E-state index in [-0.39, 0.29) is 11.6 Å². The van der Waals surface area contributed by atoms with Crippen molar-refractivity contribution in [2.24, 2.45) is 5.92 Å². The fourth-order valence-corrected chi connectivity index (χ4v) is 2.66. The first-order valence-electron chi connectivity index (χ1n) is 7.46. The van der Waals surface area contributed by atoms with Crippen molar-refractivity contribution in [3.05, 3.63) is 30.3 Å². The summed E-state index contributed by atoms with van der Waals surface area (Å²) >= 11 is 0. The number of ether oxygens (including phenoxy) is 1. The fraction of sp³-hybridized carbons (Fsp3) is 0.588. The summed E-state index contributed by atoms with van der Waals surface area (Å²) in [5.41, 5.74) is 0.912. The van der Waals surface area contributed by atoms with Crippen molar-refractivity contribution in [1.29, 1.82) is 0 Å². The van der Waals surface area contributed by atoms with Gasteiger partial charge in [0.05, 0.1) is 0 Å². The topological polar surface area (TPSA) is 29.5 Å². The molecule has 3 heteroatoms. The van der Waals surface area contributed by atoms with Crippen molar-refractivity contribution in [2.75, 3.05) is 18.0 Å². The monoisotopic (exact) mass is 275 g/mol. The van der Waals surface area contributed by atoms with Gasteiger partial charge in [-0.2, -0.15) is 0 Å². The lowest BCUT2D eigenvalue weighted by Crippen LogP contribution is -2.24. The van der Waals surface area contributed by atoms with Crippen molar-refractivity contribution in [2.45, 2.75) is 45.6 Å². The molecule has 0 radical (unpaired) electrons. The number of esters is 1. The zero-order valence-electron chi connectivity index (χ0n) is 12.8. The second-order valence-corrected chi connectivity index (χ2v) is 6.56. The number of carbonyl (C=O) groups excluding carboxylic acids is 1. The molecule has 1 atom stereocenters. The largest absolute Gasteiger partial charge is 0.460 e. The summed E-state index contributed by atoms with van der Waals surface area (Å²) in [7, 11) is 0. The minimum absolute atomic E-state index is 0.0735. The van der Waals surface area contributed by atoms with Crippen LogP contribution < -0.4 is 4.90 Å². The summed E-state index contributed by atoms with van der Waals surface area (Å²) in [5, 5.41) is 0. The molecule has 1 saturated heterocycles. The molecular formula is C17H25NO2. The molecule has 110 valence electrons. The van der Waals surface area contributed by atoms with Crippen molar-refractivity contribution in [3.8, 4) is 0 Å². The number of hydrogen-bond acceptors (Lipinski definition) is 3. The van der Waals surface area contributed by atoms with Gasteiger partial charge < -0.3 is 9.64 Å². The highest BCUT2D eigenvalue weighted by atomic mass is 16.6. The second kappa shape index (κ2) is 6.29. The number of hydrogen-bond donors (Lipinski definition) is 0. The predicted octanol–water partition coefficient (Wildman–Crippen LogP) is 3.63. The van der Waals surface area contributed by atoms with Gasteiger partial charge in [-0.05, 0) is 51.7 Å². The van der Waals surface area contributed by atoms with Crippen LogP contribution >= 0.6 is 0 Å². The van der Waals surface area contributed by atoms with Gasteiger partial charge >= 0.3 is 5.97 Å². The Morgan fingerprint density at radius 2 is 2.00 bits per heavy atom. The van der Waals surface area contributed by atoms with Crippen molar-refractivity contribution in [3.63, 3.8) is 0 Å². The summed E-state index contributed by atoms with van der Waals surface area (Å²) < 4.78 is 5.36. The van der Waals surface area contributed by atoms with E-state index in [4.69, 9.17) is 4.74 Å². The second-order valence-electron chi connectivity index (χ2n) is 6.56. The molecule has 0 aliphatic carbocycles. The van der Waals surface area contributed by atoms with Gasteiger partial charge in [0, 0.05) is 25.2 Å². The number of benzene rings is 1. The van der Waals surface area contributed by atoms with Crippen LogP contribution in [0, 0.1) is 5.92 Å². The summed E-state index contributed by atoms with van der Waals surface area (Å²) in [6.07, 6.45) is 2.63. The van der Waals surface area contributed by atoms with Crippen LogP contribution in [0.2, 0.25) is 0 Å². The maximum absolute atomic E-state index is 11.7. The summed E-state index contributed by atoms with van der Waals surface area (Å²) in [4.78, 5) is 14.1. The minimum Gasteiger partial charge on any atom is -0.460 e. The molecule has 1 aromatic rings. The Bertz CT molecular complexity index is 436. The third-order valence-corrected chi connectivity index (χ3v) is 3.58. The van der Waals surface area contributed by atoms with Gasteiger partial charge in [0.2, 0.25) is 0 Å². The number of para-hydroxylation sites is 1. The maximum atomic E-state index is 11.7. The molecule has 0 aromatic heterocycles. The van der Waals surface area contributed by atoms with Crippen LogP contribution in [-0.4, -0.2) is 24.7 Å². The molecule has 1 fully saturated rings. The van der Waals surface area contributed by atoms with Crippen molar-refractivity contribution in [1.82, 2.24) is 0 Å². The first-order valence-corrected chi connectivity index (χ1v) is 7.46. The highest BCUT2D eigenvalue weighted by Crippen LogP contribution is 2.26. The summed E-state index contributed by atoms with van der Waals surface area (Å²) in [6, 6.07) is 10.5. The highest BCUT2D eigenvalue weighted by Gasteiger charge is 2.24. The lowest BCUT2D eigenvalue weighted by Gasteiger charge is -2.20. The molecule has 3 nitrogen and oxygen atoms in total. The Kier molecular flexibility index (Phi) is 4.69. The van der Waals surface area contributed by atoms with Gasteiger partial charge in [-0.15, -0.1) is 0 Å². The van der Waals surface area contributed by atoms with E-state index in [1.807, 2.05) is 26.8 Å². The van der Waals surface area contributed by atoms with E-state index in [9.17, 15) is 4.79 Å². The molecule has 0 spiro atoms. The zero-order valence-corrected chi connectivity index (χ0v) is 12.8. The molecule has 2 rings (SSSR count). The number of anilines is 1. The van der Waals surface area contributed by atoms with Crippen molar-refractivity contribution >= 4 is 11.7 Å². The Morgan fingerprint density at radius 3 is 2.65 bits per heavy atom. The normalized spacial score (nSPS) is 19.1. The average Bonchev–Trinajstić information content (AvgIpc) is 2.84. The van der Waals surface area contributed by atoms with Crippen LogP contribution in [0.3, 0.4) is 0 Å². The molecule has 1 aliphatic heterocycles. The quantitative estimate of drug-likeness (QED) is 0.786. The van der Waals surface area contributed by atoms with Crippen molar-refractivity contribution < 1.29 is 9.53 Å². The van der Waals surface area contributed by atoms with Crippen LogP contribution in [-0.2, 0) is 9.53 Å². The SMILES string of the molecule is CC(C)(C)OC(=O)CC[C@H]1CCN(c2ccccc2)C1. The first-order chi connectivity index (χ1) is 9.44. The molecule has 0 bridgehead atoms. The predicted molar refractivity (Wildman–Crippen MR) is 81.8 cm³/mol. The lowest BCUT2D eigenvalue weighted by atomic mass is 10.0. The van der Waals surface area contributed by atoms with Gasteiger partial charge in [-0.3, -0.25) is 4.79 Å². The number of nitrogens with zero attached hydrogens (tertiary/aromatic N) is 1. The van der Waals surface area contributed by atoms with E-state index >= 15 is 0 Å². The van der Waals surface area contributed by atoms with Crippen LogP contribution in [0.4, 0.5) is 5.69 Å². The summed E-state index contributed by atoms with van der Waals surface area (Å²) in [5.74, 6) is 0.526. The summed E-state index contributed by atoms with van der Waals surface area (Å²) in [6.45, 7) is 7.88. The zero-order chi connectivity index (χ0) is 14.6. The maximum Gasteiger partial charge on any atom is 0.306 e. The van der Waals surface area contributed by atoms with Gasteiger partial charge in [0.25, 0.3) is 0 Å². The van der Waals surface area contributed by atoms with E-state index < -0.39 is 0 Å². The fourth-order valence-electron chi connectivity index (χ4n) is 2.66. The molecule has 1 aliphatic rings. The van der Waals surface area contributed by atoms with E-state index in [1.165, 1.54) is 5.69 Å². The Morgan fingerprint density at radius 1 is 1.30 bits per heavy atom. The molecule has 0 amide bonds. The van der Waals surface area contributed by atoms with E-state index in [2.05, 4.69) is 29.2 Å². The van der Waals surface area contributed by atoms with Gasteiger partial charge in [-0.1, -0.05) is 18.2 Å². The highest BCUT2D eigenvalue weighted by molar-refractivity contribution is 5.69. The molecular weight excluding hydrogens is 250 g/mol. The molecule has 1 aromatic carbocycles. The van der Waals surface area contributed by atoms with Crippen LogP contribution in [0.5, 0.6) is 0 Å². The number of carbonyl (C=O) groups is 1. The standard InChI is InChI=1S/C17H25NO2/c1-17(2,3)20-16(19)10-9-14-11-12-18(13-14)15-7-5-4-6-8-15/h4-8,14H,9-13H2,1-3H3/t14-/m0/s1. The molecule has 0 saturated carbocycles. The molecule has 20 heavy (non-hydrogen) atoms. The van der Waals surface area contributed by atoms with E-state index in [0.29, 0.717) is 12.3 Å². The third kappa shape index (κ3) is 4.55. The molecule has 0 unspecified atom stereocenters. The van der Waals surface area contributed by atoms with Crippen LogP contribution in [0.1, 0.15) is 40.0 Å². The Labute approximate surface area is 121 Å². The molecule has 1 heterocycles. The molecule has 0 N–H and O–H groups in total. The van der Waals surface area contributed by atoms with Gasteiger partial charge in [0.15, 0.2) is 0 Å². The van der Waals surface area contributed by atoms with Gasteiger partial charge in [-0.25, -0.2) is 0 Å². The number of rotatable bonds is 4. The van der Waals surface area contributed by atoms with Crippen LogP contribution in [0.15, 0.2) is 30.3 Å². The van der Waals surface area contributed by atoms with E-state index in [0.717, 1.165) is 25.9 Å². The smallest absolute Gasteiger partial charge is 0.306 e. The Hall–Kier alpha value is -1.51. The minimum atomic E-state index is -0.372.